The van der Waals surface area contributed by atoms with Crippen molar-refractivity contribution in [2.45, 2.75) is 19.4 Å². The van der Waals surface area contributed by atoms with E-state index in [1.54, 1.807) is 23.2 Å². The van der Waals surface area contributed by atoms with Gasteiger partial charge in [-0.3, -0.25) is 9.59 Å². The number of thiophene rings is 1. The maximum atomic E-state index is 12.7. The Labute approximate surface area is 179 Å². The van der Waals surface area contributed by atoms with Crippen molar-refractivity contribution in [3.8, 4) is 5.88 Å². The van der Waals surface area contributed by atoms with Crippen LogP contribution in [0, 0.1) is 5.92 Å². The molecule has 1 unspecified atom stereocenters. The van der Waals surface area contributed by atoms with E-state index in [1.807, 2.05) is 47.8 Å². The van der Waals surface area contributed by atoms with E-state index in [-0.39, 0.29) is 17.7 Å². The molecule has 1 aliphatic rings. The minimum absolute atomic E-state index is 0.00378. The smallest absolute Gasteiger partial charge is 0.263 e. The third-order valence-electron chi connectivity index (χ3n) is 5.04. The molecule has 1 saturated heterocycles. The number of anilines is 1. The molecule has 1 atom stereocenters. The number of carbonyl (C=O) groups excluding carboxylic acids is 2. The lowest BCUT2D eigenvalue weighted by Crippen LogP contribution is -2.43. The first-order chi connectivity index (χ1) is 14.7. The number of carbonyl (C=O) groups is 2. The van der Waals surface area contributed by atoms with Crippen LogP contribution in [0.4, 0.5) is 5.69 Å². The van der Waals surface area contributed by atoms with Gasteiger partial charge < -0.3 is 15.0 Å². The van der Waals surface area contributed by atoms with E-state index >= 15 is 0 Å². The molecule has 0 radical (unpaired) electrons. The Hall–Kier alpha value is -3.19. The third kappa shape index (κ3) is 5.04. The molecule has 0 spiro atoms. The molecule has 2 aromatic heterocycles. The number of hydrogen-bond acceptors (Lipinski definition) is 5. The van der Waals surface area contributed by atoms with Crippen LogP contribution in [-0.2, 0) is 11.4 Å². The Kier molecular flexibility index (Phi) is 6.39. The Morgan fingerprint density at radius 1 is 1.13 bits per heavy atom. The maximum Gasteiger partial charge on any atom is 0.263 e. The summed E-state index contributed by atoms with van der Waals surface area (Å²) in [6.45, 7) is 1.57. The Bertz CT molecular complexity index is 975. The topological polar surface area (TPSA) is 71.5 Å². The van der Waals surface area contributed by atoms with Crippen LogP contribution in [0.1, 0.15) is 28.1 Å². The predicted octanol–water partition coefficient (Wildman–Crippen LogP) is 4.21. The minimum Gasteiger partial charge on any atom is -0.473 e. The second kappa shape index (κ2) is 9.54. The standard InChI is InChI=1S/C23H23N3O3S/c27-22(18-8-4-12-26(15-18)23(28)20-9-5-13-30-20)25-19-10-11-21(24-14-19)29-16-17-6-2-1-3-7-17/h1-3,5-7,9-11,13-14,18H,4,8,12,15-16H2,(H,25,27). The molecule has 0 saturated carbocycles. The largest absolute Gasteiger partial charge is 0.473 e. The number of hydrogen-bond donors (Lipinski definition) is 1. The molecule has 2 amide bonds. The Morgan fingerprint density at radius 2 is 2.00 bits per heavy atom. The van der Waals surface area contributed by atoms with Crippen LogP contribution < -0.4 is 10.1 Å². The lowest BCUT2D eigenvalue weighted by molar-refractivity contribution is -0.121. The first kappa shape index (κ1) is 20.1. The predicted molar refractivity (Wildman–Crippen MR) is 117 cm³/mol. The van der Waals surface area contributed by atoms with Gasteiger partial charge in [0.25, 0.3) is 5.91 Å². The van der Waals surface area contributed by atoms with Crippen molar-refractivity contribution < 1.29 is 14.3 Å². The SMILES string of the molecule is O=C(Nc1ccc(OCc2ccccc2)nc1)C1CCCN(C(=O)c2cccs2)C1. The summed E-state index contributed by atoms with van der Waals surface area (Å²) in [6.07, 6.45) is 3.18. The summed E-state index contributed by atoms with van der Waals surface area (Å²) in [5.41, 5.74) is 1.68. The highest BCUT2D eigenvalue weighted by molar-refractivity contribution is 7.12. The monoisotopic (exact) mass is 421 g/mol. The summed E-state index contributed by atoms with van der Waals surface area (Å²) < 4.78 is 5.68. The van der Waals surface area contributed by atoms with Crippen LogP contribution in [-0.4, -0.2) is 34.8 Å². The van der Waals surface area contributed by atoms with Crippen LogP contribution in [0.2, 0.25) is 0 Å². The fourth-order valence-electron chi connectivity index (χ4n) is 3.45. The molecule has 30 heavy (non-hydrogen) atoms. The van der Waals surface area contributed by atoms with Crippen molar-refractivity contribution in [3.63, 3.8) is 0 Å². The van der Waals surface area contributed by atoms with Gasteiger partial charge in [0, 0.05) is 19.2 Å². The summed E-state index contributed by atoms with van der Waals surface area (Å²) >= 11 is 1.43. The highest BCUT2D eigenvalue weighted by Crippen LogP contribution is 2.22. The molecule has 0 aliphatic carbocycles. The summed E-state index contributed by atoms with van der Waals surface area (Å²) in [5, 5.41) is 4.81. The lowest BCUT2D eigenvalue weighted by Gasteiger charge is -2.31. The number of rotatable bonds is 6. The highest BCUT2D eigenvalue weighted by Gasteiger charge is 2.29. The molecule has 1 N–H and O–H groups in total. The summed E-state index contributed by atoms with van der Waals surface area (Å²) in [4.78, 5) is 32.0. The van der Waals surface area contributed by atoms with Gasteiger partial charge in [0.2, 0.25) is 11.8 Å². The van der Waals surface area contributed by atoms with Crippen molar-refractivity contribution in [2.75, 3.05) is 18.4 Å². The number of nitrogens with zero attached hydrogens (tertiary/aromatic N) is 2. The van der Waals surface area contributed by atoms with E-state index in [4.69, 9.17) is 4.74 Å². The van der Waals surface area contributed by atoms with Gasteiger partial charge in [-0.25, -0.2) is 4.98 Å². The zero-order valence-corrected chi connectivity index (χ0v) is 17.3. The van der Waals surface area contributed by atoms with Gasteiger partial charge in [0.1, 0.15) is 6.61 Å². The number of nitrogens with one attached hydrogen (secondary N) is 1. The van der Waals surface area contributed by atoms with Gasteiger partial charge in [0.15, 0.2) is 0 Å². The minimum atomic E-state index is -0.225. The number of likely N-dealkylation sites (tertiary alicyclic amines) is 1. The maximum absolute atomic E-state index is 12.7. The summed E-state index contributed by atoms with van der Waals surface area (Å²) in [6, 6.07) is 17.1. The molecule has 1 aromatic carbocycles. The van der Waals surface area contributed by atoms with Gasteiger partial charge in [-0.15, -0.1) is 11.3 Å². The highest BCUT2D eigenvalue weighted by atomic mass is 32.1. The van der Waals surface area contributed by atoms with Gasteiger partial charge >= 0.3 is 0 Å². The molecule has 4 rings (SSSR count). The molecule has 1 fully saturated rings. The molecule has 1 aliphatic heterocycles. The molecule has 3 heterocycles. The van der Waals surface area contributed by atoms with Crippen LogP contribution in [0.3, 0.4) is 0 Å². The van der Waals surface area contributed by atoms with Crippen LogP contribution in [0.25, 0.3) is 0 Å². The zero-order chi connectivity index (χ0) is 20.8. The van der Waals surface area contributed by atoms with E-state index in [0.717, 1.165) is 18.4 Å². The van der Waals surface area contributed by atoms with Crippen molar-refractivity contribution >= 4 is 28.8 Å². The molecule has 0 bridgehead atoms. The average Bonchev–Trinajstić information content (AvgIpc) is 3.34. The quantitative estimate of drug-likeness (QED) is 0.647. The molecule has 3 aromatic rings. The molecular weight excluding hydrogens is 398 g/mol. The Balaban J connectivity index is 1.30. The fraction of sp³-hybridized carbons (Fsp3) is 0.261. The van der Waals surface area contributed by atoms with Gasteiger partial charge in [-0.2, -0.15) is 0 Å². The zero-order valence-electron chi connectivity index (χ0n) is 16.5. The van der Waals surface area contributed by atoms with E-state index < -0.39 is 0 Å². The molecule has 6 nitrogen and oxygen atoms in total. The molecule has 7 heteroatoms. The van der Waals surface area contributed by atoms with Gasteiger partial charge in [-0.05, 0) is 35.9 Å². The van der Waals surface area contributed by atoms with Gasteiger partial charge in [0.05, 0.1) is 22.7 Å². The van der Waals surface area contributed by atoms with Crippen molar-refractivity contribution in [3.05, 3.63) is 76.6 Å². The van der Waals surface area contributed by atoms with E-state index in [1.165, 1.54) is 11.3 Å². The Morgan fingerprint density at radius 3 is 2.73 bits per heavy atom. The number of pyridine rings is 1. The average molecular weight is 422 g/mol. The first-order valence-electron chi connectivity index (χ1n) is 9.95. The van der Waals surface area contributed by atoms with Crippen molar-refractivity contribution in [2.24, 2.45) is 5.92 Å². The van der Waals surface area contributed by atoms with Crippen LogP contribution in [0.15, 0.2) is 66.2 Å². The first-order valence-corrected chi connectivity index (χ1v) is 10.8. The van der Waals surface area contributed by atoms with E-state index in [0.29, 0.717) is 36.1 Å². The van der Waals surface area contributed by atoms with E-state index in [2.05, 4.69) is 10.3 Å². The number of piperidine rings is 1. The number of aromatic nitrogens is 1. The van der Waals surface area contributed by atoms with Crippen molar-refractivity contribution in [1.29, 1.82) is 0 Å². The second-order valence-electron chi connectivity index (χ2n) is 7.22. The molecule has 154 valence electrons. The lowest BCUT2D eigenvalue weighted by atomic mass is 9.97. The summed E-state index contributed by atoms with van der Waals surface area (Å²) in [7, 11) is 0. The number of ether oxygens (including phenoxy) is 1. The van der Waals surface area contributed by atoms with Crippen LogP contribution >= 0.6 is 11.3 Å². The summed E-state index contributed by atoms with van der Waals surface area (Å²) in [5.74, 6) is 0.196. The van der Waals surface area contributed by atoms with Gasteiger partial charge in [-0.1, -0.05) is 36.4 Å². The van der Waals surface area contributed by atoms with Crippen LogP contribution in [0.5, 0.6) is 5.88 Å². The fourth-order valence-corrected chi connectivity index (χ4v) is 4.14. The number of amides is 2. The normalized spacial score (nSPS) is 16.1. The number of benzene rings is 1. The second-order valence-corrected chi connectivity index (χ2v) is 8.16. The van der Waals surface area contributed by atoms with E-state index in [9.17, 15) is 9.59 Å². The van der Waals surface area contributed by atoms with Crippen molar-refractivity contribution in [1.82, 2.24) is 9.88 Å². The third-order valence-corrected chi connectivity index (χ3v) is 5.90. The molecular formula is C23H23N3O3S.